The van der Waals surface area contributed by atoms with Crippen molar-refractivity contribution >= 4 is 28.7 Å². The van der Waals surface area contributed by atoms with Gasteiger partial charge in [0.05, 0.1) is 5.57 Å². The van der Waals surface area contributed by atoms with Crippen molar-refractivity contribution in [1.82, 2.24) is 4.98 Å². The van der Waals surface area contributed by atoms with Crippen LogP contribution in [0.4, 0.5) is 5.69 Å². The van der Waals surface area contributed by atoms with Crippen molar-refractivity contribution < 1.29 is 0 Å². The molecule has 0 aliphatic carbocycles. The molecule has 2 rings (SSSR count). The third-order valence-corrected chi connectivity index (χ3v) is 4.30. The fourth-order valence-corrected chi connectivity index (χ4v) is 2.92. The summed E-state index contributed by atoms with van der Waals surface area (Å²) in [6, 6.07) is 10.5. The van der Waals surface area contributed by atoms with E-state index in [0.717, 1.165) is 29.4 Å². The van der Waals surface area contributed by atoms with Crippen molar-refractivity contribution in [3.8, 4) is 6.07 Å². The molecule has 4 heteroatoms. The number of hydrogen-bond acceptors (Lipinski definition) is 4. The Hall–Kier alpha value is -2.12. The summed E-state index contributed by atoms with van der Waals surface area (Å²) in [7, 11) is 0. The quantitative estimate of drug-likeness (QED) is 0.770. The molecule has 0 aliphatic heterocycles. The van der Waals surface area contributed by atoms with Crippen molar-refractivity contribution in [3.05, 3.63) is 45.9 Å². The normalized spacial score (nSPS) is 11.2. The summed E-state index contributed by atoms with van der Waals surface area (Å²) in [5, 5.41) is 12.1. The number of thiazole rings is 1. The molecule has 0 saturated carbocycles. The Bertz CT molecular complexity index is 658. The van der Waals surface area contributed by atoms with Gasteiger partial charge in [0.2, 0.25) is 0 Å². The summed E-state index contributed by atoms with van der Waals surface area (Å²) in [6.07, 6.45) is 1.89. The number of nitriles is 1. The summed E-state index contributed by atoms with van der Waals surface area (Å²) in [4.78, 5) is 6.66. The van der Waals surface area contributed by atoms with Gasteiger partial charge in [0.15, 0.2) is 0 Å². The van der Waals surface area contributed by atoms with Crippen LogP contribution >= 0.6 is 11.3 Å². The Labute approximate surface area is 130 Å². The fraction of sp³-hybridized carbons (Fsp3) is 0.294. The van der Waals surface area contributed by atoms with E-state index >= 15 is 0 Å². The molecule has 0 radical (unpaired) electrons. The minimum Gasteiger partial charge on any atom is -0.372 e. The standard InChI is InChI=1S/C17H19N3S/c1-4-20(5-2)16-8-6-14(7-9-16)10-15(11-18)17-19-13(3)12-21-17/h6-10,12H,4-5H2,1-3H3/b15-10-. The highest BCUT2D eigenvalue weighted by Crippen LogP contribution is 2.22. The molecule has 0 aliphatic rings. The van der Waals surface area contributed by atoms with E-state index in [2.05, 4.69) is 41.9 Å². The number of anilines is 1. The number of hydrogen-bond donors (Lipinski definition) is 0. The summed E-state index contributed by atoms with van der Waals surface area (Å²) in [5.41, 5.74) is 3.80. The molecule has 108 valence electrons. The molecular formula is C17H19N3S. The fourth-order valence-electron chi connectivity index (χ4n) is 2.16. The predicted octanol–water partition coefficient (Wildman–Crippen LogP) is 4.36. The lowest BCUT2D eigenvalue weighted by atomic mass is 10.1. The minimum atomic E-state index is 0.615. The second kappa shape index (κ2) is 7.05. The molecule has 0 fully saturated rings. The maximum atomic E-state index is 9.31. The summed E-state index contributed by atoms with van der Waals surface area (Å²) in [5.74, 6) is 0. The van der Waals surface area contributed by atoms with Gasteiger partial charge >= 0.3 is 0 Å². The topological polar surface area (TPSA) is 39.9 Å². The zero-order chi connectivity index (χ0) is 15.2. The summed E-state index contributed by atoms with van der Waals surface area (Å²) < 4.78 is 0. The third kappa shape index (κ3) is 3.71. The van der Waals surface area contributed by atoms with Crippen LogP contribution in [0.15, 0.2) is 29.6 Å². The molecule has 0 amide bonds. The average Bonchev–Trinajstić information content (AvgIpc) is 2.94. The van der Waals surface area contributed by atoms with Crippen molar-refractivity contribution in [2.75, 3.05) is 18.0 Å². The van der Waals surface area contributed by atoms with Crippen molar-refractivity contribution in [1.29, 1.82) is 5.26 Å². The summed E-state index contributed by atoms with van der Waals surface area (Å²) in [6.45, 7) is 8.22. The lowest BCUT2D eigenvalue weighted by Crippen LogP contribution is -2.21. The van der Waals surface area contributed by atoms with Crippen LogP contribution in [0.25, 0.3) is 11.6 Å². The minimum absolute atomic E-state index is 0.615. The molecule has 21 heavy (non-hydrogen) atoms. The first-order valence-electron chi connectivity index (χ1n) is 7.07. The third-order valence-electron chi connectivity index (χ3n) is 3.30. The molecule has 0 saturated heterocycles. The largest absolute Gasteiger partial charge is 0.372 e. The lowest BCUT2D eigenvalue weighted by Gasteiger charge is -2.20. The highest BCUT2D eigenvalue weighted by Gasteiger charge is 2.06. The van der Waals surface area contributed by atoms with Crippen LogP contribution in [-0.4, -0.2) is 18.1 Å². The molecule has 0 N–H and O–H groups in total. The van der Waals surface area contributed by atoms with E-state index in [0.29, 0.717) is 5.57 Å². The molecule has 1 aromatic carbocycles. The molecular weight excluding hydrogens is 278 g/mol. The molecule has 2 aromatic rings. The van der Waals surface area contributed by atoms with Crippen molar-refractivity contribution in [3.63, 3.8) is 0 Å². The highest BCUT2D eigenvalue weighted by atomic mass is 32.1. The average molecular weight is 297 g/mol. The van der Waals surface area contributed by atoms with Crippen LogP contribution in [0.2, 0.25) is 0 Å². The zero-order valence-electron chi connectivity index (χ0n) is 12.6. The van der Waals surface area contributed by atoms with Crippen molar-refractivity contribution in [2.24, 2.45) is 0 Å². The van der Waals surface area contributed by atoms with Crippen LogP contribution in [-0.2, 0) is 0 Å². The lowest BCUT2D eigenvalue weighted by molar-refractivity contribution is 0.866. The second-order valence-corrected chi connectivity index (χ2v) is 5.59. The second-order valence-electron chi connectivity index (χ2n) is 4.73. The van der Waals surface area contributed by atoms with E-state index in [1.54, 1.807) is 0 Å². The molecule has 1 heterocycles. The number of rotatable bonds is 5. The Balaban J connectivity index is 2.26. The first-order valence-corrected chi connectivity index (χ1v) is 7.95. The number of allylic oxidation sites excluding steroid dienone is 1. The van der Waals surface area contributed by atoms with E-state index in [1.807, 2.05) is 30.5 Å². The zero-order valence-corrected chi connectivity index (χ0v) is 13.4. The molecule has 1 aromatic heterocycles. The van der Waals surface area contributed by atoms with Gasteiger partial charge in [-0.05, 0) is 44.5 Å². The maximum Gasteiger partial charge on any atom is 0.134 e. The predicted molar refractivity (Wildman–Crippen MR) is 90.3 cm³/mol. The van der Waals surface area contributed by atoms with Crippen LogP contribution in [0.3, 0.4) is 0 Å². The molecule has 0 spiro atoms. The van der Waals surface area contributed by atoms with Crippen LogP contribution in [0, 0.1) is 18.3 Å². The maximum absolute atomic E-state index is 9.31. The SMILES string of the molecule is CCN(CC)c1ccc(/C=C(/C#N)c2nc(C)cs2)cc1. The monoisotopic (exact) mass is 297 g/mol. The Morgan fingerprint density at radius 2 is 1.95 bits per heavy atom. The molecule has 0 unspecified atom stereocenters. The Morgan fingerprint density at radius 3 is 2.43 bits per heavy atom. The van der Waals surface area contributed by atoms with Gasteiger partial charge < -0.3 is 4.90 Å². The van der Waals surface area contributed by atoms with Crippen molar-refractivity contribution in [2.45, 2.75) is 20.8 Å². The summed E-state index contributed by atoms with van der Waals surface area (Å²) >= 11 is 1.51. The van der Waals surface area contributed by atoms with E-state index in [9.17, 15) is 5.26 Å². The van der Waals surface area contributed by atoms with Gasteiger partial charge in [-0.25, -0.2) is 4.98 Å². The number of nitrogens with zero attached hydrogens (tertiary/aromatic N) is 3. The van der Waals surface area contributed by atoms with Crippen LogP contribution in [0.5, 0.6) is 0 Å². The smallest absolute Gasteiger partial charge is 0.134 e. The first-order chi connectivity index (χ1) is 10.2. The highest BCUT2D eigenvalue weighted by molar-refractivity contribution is 7.11. The van der Waals surface area contributed by atoms with Gasteiger partial charge in [0.25, 0.3) is 0 Å². The van der Waals surface area contributed by atoms with Gasteiger partial charge in [-0.2, -0.15) is 5.26 Å². The van der Waals surface area contributed by atoms with Gasteiger partial charge in [-0.1, -0.05) is 12.1 Å². The molecule has 3 nitrogen and oxygen atoms in total. The van der Waals surface area contributed by atoms with E-state index in [4.69, 9.17) is 0 Å². The number of aryl methyl sites for hydroxylation is 1. The van der Waals surface area contributed by atoms with Gasteiger partial charge in [0, 0.05) is 29.9 Å². The molecule has 0 atom stereocenters. The van der Waals surface area contributed by atoms with E-state index in [1.165, 1.54) is 17.0 Å². The van der Waals surface area contributed by atoms with E-state index in [-0.39, 0.29) is 0 Å². The van der Waals surface area contributed by atoms with Gasteiger partial charge in [0.1, 0.15) is 11.1 Å². The Morgan fingerprint density at radius 1 is 1.29 bits per heavy atom. The van der Waals surface area contributed by atoms with Crippen LogP contribution in [0.1, 0.15) is 30.1 Å². The first kappa shape index (κ1) is 15.3. The number of aromatic nitrogens is 1. The molecule has 0 bridgehead atoms. The van der Waals surface area contributed by atoms with Gasteiger partial charge in [-0.3, -0.25) is 0 Å². The Kier molecular flexibility index (Phi) is 5.13. The van der Waals surface area contributed by atoms with E-state index < -0.39 is 0 Å². The van der Waals surface area contributed by atoms with Crippen LogP contribution < -0.4 is 4.90 Å². The van der Waals surface area contributed by atoms with Gasteiger partial charge in [-0.15, -0.1) is 11.3 Å². The number of benzene rings is 1.